The third-order valence-electron chi connectivity index (χ3n) is 2.84. The predicted molar refractivity (Wildman–Crippen MR) is 70.5 cm³/mol. The maximum Gasteiger partial charge on any atom is 0.373 e. The van der Waals surface area contributed by atoms with E-state index in [0.717, 1.165) is 13.1 Å². The van der Waals surface area contributed by atoms with Crippen molar-refractivity contribution in [1.29, 1.82) is 0 Å². The van der Waals surface area contributed by atoms with E-state index in [0.29, 0.717) is 26.4 Å². The molecule has 0 amide bonds. The Bertz CT molecular complexity index is 461. The van der Waals surface area contributed by atoms with Gasteiger partial charge in [-0.15, -0.1) is 0 Å². The molecular weight excluding hydrogens is 256 g/mol. The number of hydrogen-bond donors (Lipinski definition) is 0. The first-order valence-corrected chi connectivity index (χ1v) is 6.78. The average Bonchev–Trinajstić information content (AvgIpc) is 3.02. The normalized spacial score (nSPS) is 11.1. The average molecular weight is 278 g/mol. The Kier molecular flexibility index (Phi) is 5.76. The second-order valence-electron chi connectivity index (χ2n) is 4.63. The number of aromatic nitrogens is 4. The lowest BCUT2D eigenvalue weighted by molar-refractivity contribution is -0.675. The molecule has 2 heterocycles. The zero-order chi connectivity index (χ0) is 14.2. The van der Waals surface area contributed by atoms with Crippen molar-refractivity contribution in [3.63, 3.8) is 0 Å². The van der Waals surface area contributed by atoms with Crippen LogP contribution in [0.2, 0.25) is 0 Å². The molecule has 108 valence electrons. The van der Waals surface area contributed by atoms with Crippen LogP contribution in [0.3, 0.4) is 0 Å². The molecule has 0 N–H and O–H groups in total. The van der Waals surface area contributed by atoms with Crippen LogP contribution in [0.15, 0.2) is 24.8 Å². The predicted octanol–water partition coefficient (Wildman–Crippen LogP) is -0.728. The van der Waals surface area contributed by atoms with Crippen molar-refractivity contribution in [2.45, 2.75) is 13.1 Å². The molecule has 0 bridgehead atoms. The van der Waals surface area contributed by atoms with E-state index in [1.54, 1.807) is 0 Å². The maximum absolute atomic E-state index is 5.51. The molecule has 2 aromatic heterocycles. The summed E-state index contributed by atoms with van der Waals surface area (Å²) in [6, 6.07) is 0. The largest absolute Gasteiger partial charge is 0.375 e. The molecule has 0 unspecified atom stereocenters. The maximum atomic E-state index is 5.51. The molecule has 0 fully saturated rings. The summed E-state index contributed by atoms with van der Waals surface area (Å²) in [6.45, 7) is 4.23. The van der Waals surface area contributed by atoms with E-state index >= 15 is 0 Å². The first-order chi connectivity index (χ1) is 9.74. The first-order valence-electron chi connectivity index (χ1n) is 6.78. The molecule has 6 nitrogen and oxygen atoms in total. The third-order valence-corrected chi connectivity index (χ3v) is 2.84. The Morgan fingerprint density at radius 2 is 1.25 bits per heavy atom. The smallest absolute Gasteiger partial charge is 0.373 e. The topological polar surface area (TPSA) is 36.1 Å². The number of rotatable bonds is 9. The second-order valence-corrected chi connectivity index (χ2v) is 4.63. The monoisotopic (exact) mass is 278 g/mol. The van der Waals surface area contributed by atoms with Crippen molar-refractivity contribution in [1.82, 2.24) is 9.13 Å². The Labute approximate surface area is 119 Å². The zero-order valence-electron chi connectivity index (χ0n) is 12.2. The molecule has 0 saturated carbocycles. The number of ether oxygens (including phenoxy) is 2. The summed E-state index contributed by atoms with van der Waals surface area (Å²) >= 11 is 0. The van der Waals surface area contributed by atoms with Crippen LogP contribution in [-0.4, -0.2) is 35.6 Å². The van der Waals surface area contributed by atoms with Gasteiger partial charge in [-0.25, -0.2) is 18.3 Å². The molecule has 0 aliphatic heterocycles. The molecule has 2 radical (unpaired) electrons. The molecule has 20 heavy (non-hydrogen) atoms. The van der Waals surface area contributed by atoms with Gasteiger partial charge in [-0.05, 0) is 0 Å². The molecule has 0 aromatic carbocycles. The highest BCUT2D eigenvalue weighted by atomic mass is 16.5. The van der Waals surface area contributed by atoms with Gasteiger partial charge in [0.2, 0.25) is 0 Å². The van der Waals surface area contributed by atoms with Gasteiger partial charge in [0.15, 0.2) is 0 Å². The van der Waals surface area contributed by atoms with E-state index in [-0.39, 0.29) is 0 Å². The summed E-state index contributed by atoms with van der Waals surface area (Å²) in [6.07, 6.45) is 14.1. The van der Waals surface area contributed by atoms with Crippen LogP contribution in [0.25, 0.3) is 0 Å². The lowest BCUT2D eigenvalue weighted by Crippen LogP contribution is -2.25. The van der Waals surface area contributed by atoms with E-state index in [2.05, 4.69) is 12.7 Å². The van der Waals surface area contributed by atoms with E-state index in [1.165, 1.54) is 0 Å². The fourth-order valence-corrected chi connectivity index (χ4v) is 1.80. The minimum absolute atomic E-state index is 0.622. The Morgan fingerprint density at radius 1 is 0.800 bits per heavy atom. The van der Waals surface area contributed by atoms with E-state index in [1.807, 2.05) is 57.2 Å². The van der Waals surface area contributed by atoms with Gasteiger partial charge >= 0.3 is 12.7 Å². The fourth-order valence-electron chi connectivity index (χ4n) is 1.80. The minimum atomic E-state index is 0.622. The standard InChI is InChI=1S/C14H22N4O2/c1-15-3-5-17(13-15)7-9-19-11-12-20-10-8-18-6-4-16(2)14-18/h3-6H,7-12H2,1-2H3/q+2. The van der Waals surface area contributed by atoms with Gasteiger partial charge in [-0.2, -0.15) is 0 Å². The highest BCUT2D eigenvalue weighted by Crippen LogP contribution is 1.87. The van der Waals surface area contributed by atoms with Crippen LogP contribution >= 0.6 is 0 Å². The van der Waals surface area contributed by atoms with Crippen molar-refractivity contribution >= 4 is 0 Å². The van der Waals surface area contributed by atoms with Gasteiger partial charge in [0, 0.05) is 0 Å². The molecule has 2 rings (SSSR count). The summed E-state index contributed by atoms with van der Waals surface area (Å²) in [7, 11) is 3.90. The Morgan fingerprint density at radius 3 is 1.60 bits per heavy atom. The molecule has 0 aliphatic carbocycles. The molecular formula is C14H22N4O2+2. The van der Waals surface area contributed by atoms with Gasteiger partial charge < -0.3 is 9.47 Å². The van der Waals surface area contributed by atoms with Crippen molar-refractivity contribution in [2.24, 2.45) is 14.1 Å². The molecule has 0 aliphatic rings. The van der Waals surface area contributed by atoms with Gasteiger partial charge in [0.25, 0.3) is 0 Å². The van der Waals surface area contributed by atoms with Gasteiger partial charge in [-0.3, -0.25) is 0 Å². The third kappa shape index (κ3) is 5.14. The Hall–Kier alpha value is -1.66. The van der Waals surface area contributed by atoms with Crippen molar-refractivity contribution in [3.8, 4) is 0 Å². The van der Waals surface area contributed by atoms with Crippen LogP contribution in [-0.2, 0) is 36.7 Å². The molecule has 6 heteroatoms. The first kappa shape index (κ1) is 14.7. The Balaban J connectivity index is 1.44. The summed E-state index contributed by atoms with van der Waals surface area (Å²) < 4.78 is 18.7. The number of aryl methyl sites for hydroxylation is 2. The summed E-state index contributed by atoms with van der Waals surface area (Å²) in [5.41, 5.74) is 0. The van der Waals surface area contributed by atoms with Crippen LogP contribution in [0.4, 0.5) is 0 Å². The molecule has 0 saturated heterocycles. The summed E-state index contributed by atoms with van der Waals surface area (Å²) in [5, 5.41) is 0. The quantitative estimate of drug-likeness (QED) is 0.448. The van der Waals surface area contributed by atoms with E-state index in [9.17, 15) is 0 Å². The van der Waals surface area contributed by atoms with Gasteiger partial charge in [0.1, 0.15) is 37.9 Å². The van der Waals surface area contributed by atoms with E-state index < -0.39 is 0 Å². The molecule has 0 spiro atoms. The van der Waals surface area contributed by atoms with Crippen LogP contribution in [0.1, 0.15) is 0 Å². The van der Waals surface area contributed by atoms with Gasteiger partial charge in [0.05, 0.1) is 40.5 Å². The highest BCUT2D eigenvalue weighted by Gasteiger charge is 2.02. The fraction of sp³-hybridized carbons (Fsp3) is 0.571. The van der Waals surface area contributed by atoms with Crippen molar-refractivity contribution in [2.75, 3.05) is 26.4 Å². The van der Waals surface area contributed by atoms with E-state index in [4.69, 9.17) is 9.47 Å². The van der Waals surface area contributed by atoms with Crippen LogP contribution < -0.4 is 9.13 Å². The highest BCUT2D eigenvalue weighted by molar-refractivity contribution is 4.64. The minimum Gasteiger partial charge on any atom is -0.375 e. The summed E-state index contributed by atoms with van der Waals surface area (Å²) in [5.74, 6) is 0. The molecule has 2 aromatic rings. The lowest BCUT2D eigenvalue weighted by atomic mass is 10.6. The molecule has 0 atom stereocenters. The summed E-state index contributed by atoms with van der Waals surface area (Å²) in [4.78, 5) is 0. The van der Waals surface area contributed by atoms with Crippen LogP contribution in [0, 0.1) is 12.7 Å². The van der Waals surface area contributed by atoms with Crippen molar-refractivity contribution in [3.05, 3.63) is 37.4 Å². The number of imidazole rings is 2. The van der Waals surface area contributed by atoms with Crippen molar-refractivity contribution < 1.29 is 18.6 Å². The zero-order valence-corrected chi connectivity index (χ0v) is 12.2. The lowest BCUT2D eigenvalue weighted by Gasteiger charge is -2.03. The van der Waals surface area contributed by atoms with Gasteiger partial charge in [-0.1, -0.05) is 0 Å². The number of hydrogen-bond acceptors (Lipinski definition) is 2. The van der Waals surface area contributed by atoms with Crippen LogP contribution in [0.5, 0.6) is 0 Å². The SMILES string of the molecule is C[n+]1[c]n(CCOCCOCCn2[c][n+](C)cc2)cc1. The second kappa shape index (κ2) is 7.81. The number of nitrogens with zero attached hydrogens (tertiary/aromatic N) is 4.